The van der Waals surface area contributed by atoms with Crippen molar-refractivity contribution in [3.63, 3.8) is 0 Å². The van der Waals surface area contributed by atoms with Gasteiger partial charge in [-0.1, -0.05) is 19.1 Å². The van der Waals surface area contributed by atoms with Gasteiger partial charge in [0, 0.05) is 18.1 Å². The zero-order valence-corrected chi connectivity index (χ0v) is 12.8. The van der Waals surface area contributed by atoms with Crippen molar-refractivity contribution in [2.24, 2.45) is 5.92 Å². The highest BCUT2D eigenvalue weighted by molar-refractivity contribution is 5.95. The average Bonchev–Trinajstić information content (AvgIpc) is 2.97. The molecule has 0 radical (unpaired) electrons. The second kappa shape index (κ2) is 6.71. The fourth-order valence-electron chi connectivity index (χ4n) is 2.78. The topological polar surface area (TPSA) is 54.0 Å². The Balaban J connectivity index is 1.58. The molecular weight excluding hydrogens is 274 g/mol. The van der Waals surface area contributed by atoms with Gasteiger partial charge in [-0.3, -0.25) is 9.78 Å². The summed E-state index contributed by atoms with van der Waals surface area (Å²) in [6.45, 7) is 3.08. The van der Waals surface area contributed by atoms with Crippen molar-refractivity contribution < 1.29 is 4.79 Å². The van der Waals surface area contributed by atoms with E-state index in [-0.39, 0.29) is 11.9 Å². The van der Waals surface area contributed by atoms with E-state index in [1.807, 2.05) is 24.3 Å². The number of carbonyl (C=O) groups is 1. The van der Waals surface area contributed by atoms with E-state index in [0.29, 0.717) is 5.92 Å². The molecule has 4 heteroatoms. The number of nitrogens with one attached hydrogen (secondary N) is 2. The van der Waals surface area contributed by atoms with Crippen LogP contribution in [0.2, 0.25) is 0 Å². The van der Waals surface area contributed by atoms with E-state index >= 15 is 0 Å². The molecule has 0 bridgehead atoms. The molecule has 114 valence electrons. The van der Waals surface area contributed by atoms with Crippen LogP contribution >= 0.6 is 0 Å². The molecule has 1 aromatic heterocycles. The van der Waals surface area contributed by atoms with Gasteiger partial charge in [0.2, 0.25) is 5.91 Å². The van der Waals surface area contributed by atoms with Gasteiger partial charge in [0.25, 0.3) is 0 Å². The number of pyridine rings is 1. The van der Waals surface area contributed by atoms with Crippen LogP contribution in [0.15, 0.2) is 48.8 Å². The van der Waals surface area contributed by atoms with Crippen molar-refractivity contribution in [1.29, 1.82) is 0 Å². The second-order valence-electron chi connectivity index (χ2n) is 6.02. The van der Waals surface area contributed by atoms with Crippen molar-refractivity contribution in [1.82, 2.24) is 10.3 Å². The zero-order valence-electron chi connectivity index (χ0n) is 12.8. The molecule has 4 nitrogen and oxygen atoms in total. The lowest BCUT2D eigenvalue weighted by Crippen LogP contribution is -2.35. The number of aromatic nitrogens is 1. The van der Waals surface area contributed by atoms with Gasteiger partial charge in [-0.25, -0.2) is 0 Å². The quantitative estimate of drug-likeness (QED) is 0.911. The van der Waals surface area contributed by atoms with Crippen molar-refractivity contribution in [3.05, 3.63) is 59.9 Å². The number of nitrogens with zero attached hydrogens (tertiary/aromatic N) is 1. The molecule has 0 aliphatic carbocycles. The molecule has 2 atom stereocenters. The van der Waals surface area contributed by atoms with Crippen LogP contribution in [0.3, 0.4) is 0 Å². The molecule has 1 saturated heterocycles. The minimum atomic E-state index is -0.0634. The molecule has 1 fully saturated rings. The largest absolute Gasteiger partial charge is 0.325 e. The van der Waals surface area contributed by atoms with Crippen LogP contribution in [0.5, 0.6) is 0 Å². The summed E-state index contributed by atoms with van der Waals surface area (Å²) in [5.74, 6) is 0.629. The molecule has 22 heavy (non-hydrogen) atoms. The third kappa shape index (κ3) is 3.71. The van der Waals surface area contributed by atoms with Gasteiger partial charge in [-0.2, -0.15) is 0 Å². The number of carbonyl (C=O) groups excluding carboxylic acids is 1. The standard InChI is InChI=1S/C18H21N3O/c1-13-10-17(20-12-13)18(22)21-16-4-2-14(3-5-16)11-15-6-8-19-9-7-15/h2-9,13,17,20H,10-12H2,1H3,(H,21,22). The molecule has 2 unspecified atom stereocenters. The molecule has 0 spiro atoms. The zero-order chi connectivity index (χ0) is 15.4. The van der Waals surface area contributed by atoms with Crippen molar-refractivity contribution in [3.8, 4) is 0 Å². The van der Waals surface area contributed by atoms with Gasteiger partial charge >= 0.3 is 0 Å². The lowest BCUT2D eigenvalue weighted by atomic mass is 10.1. The first-order chi connectivity index (χ1) is 10.7. The number of amides is 1. The fourth-order valence-corrected chi connectivity index (χ4v) is 2.78. The Bertz CT molecular complexity index is 625. The summed E-state index contributed by atoms with van der Waals surface area (Å²) in [6.07, 6.45) is 5.39. The van der Waals surface area contributed by atoms with Crippen LogP contribution in [-0.2, 0) is 11.2 Å². The number of anilines is 1. The van der Waals surface area contributed by atoms with Gasteiger partial charge in [-0.05, 0) is 60.7 Å². The molecular formula is C18H21N3O. The van der Waals surface area contributed by atoms with E-state index in [1.165, 1.54) is 11.1 Å². The smallest absolute Gasteiger partial charge is 0.241 e. The van der Waals surface area contributed by atoms with Crippen molar-refractivity contribution in [2.75, 3.05) is 11.9 Å². The van der Waals surface area contributed by atoms with E-state index in [1.54, 1.807) is 12.4 Å². The van der Waals surface area contributed by atoms with Crippen LogP contribution in [-0.4, -0.2) is 23.5 Å². The normalized spacial score (nSPS) is 20.8. The monoisotopic (exact) mass is 295 g/mol. The Kier molecular flexibility index (Phi) is 4.49. The number of hydrogen-bond acceptors (Lipinski definition) is 3. The van der Waals surface area contributed by atoms with Gasteiger partial charge < -0.3 is 10.6 Å². The summed E-state index contributed by atoms with van der Waals surface area (Å²) in [5.41, 5.74) is 3.30. The minimum Gasteiger partial charge on any atom is -0.325 e. The van der Waals surface area contributed by atoms with E-state index in [2.05, 4.69) is 34.7 Å². The number of rotatable bonds is 4. The van der Waals surface area contributed by atoms with E-state index < -0.39 is 0 Å². The van der Waals surface area contributed by atoms with Crippen LogP contribution in [0.1, 0.15) is 24.5 Å². The second-order valence-corrected chi connectivity index (χ2v) is 6.02. The first-order valence-corrected chi connectivity index (χ1v) is 7.73. The molecule has 1 amide bonds. The first kappa shape index (κ1) is 14.7. The molecule has 2 N–H and O–H groups in total. The molecule has 3 rings (SSSR count). The Morgan fingerprint density at radius 3 is 2.50 bits per heavy atom. The maximum absolute atomic E-state index is 12.2. The van der Waals surface area contributed by atoms with E-state index in [0.717, 1.165) is 25.1 Å². The maximum atomic E-state index is 12.2. The molecule has 1 aliphatic rings. The predicted molar refractivity (Wildman–Crippen MR) is 87.7 cm³/mol. The third-order valence-electron chi connectivity index (χ3n) is 4.05. The van der Waals surface area contributed by atoms with E-state index in [9.17, 15) is 4.79 Å². The molecule has 0 saturated carbocycles. The first-order valence-electron chi connectivity index (χ1n) is 7.73. The lowest BCUT2D eigenvalue weighted by molar-refractivity contribution is -0.117. The number of benzene rings is 1. The summed E-state index contributed by atoms with van der Waals surface area (Å²) in [6, 6.07) is 12.0. The summed E-state index contributed by atoms with van der Waals surface area (Å²) in [5, 5.41) is 6.24. The maximum Gasteiger partial charge on any atom is 0.241 e. The van der Waals surface area contributed by atoms with Gasteiger partial charge in [0.1, 0.15) is 0 Å². The summed E-state index contributed by atoms with van der Waals surface area (Å²) in [4.78, 5) is 16.2. The highest BCUT2D eigenvalue weighted by atomic mass is 16.2. The Hall–Kier alpha value is -2.20. The van der Waals surface area contributed by atoms with Gasteiger partial charge in [0.05, 0.1) is 6.04 Å². The Labute approximate surface area is 131 Å². The van der Waals surface area contributed by atoms with Crippen LogP contribution < -0.4 is 10.6 Å². The Morgan fingerprint density at radius 1 is 1.18 bits per heavy atom. The highest BCUT2D eigenvalue weighted by Gasteiger charge is 2.26. The highest BCUT2D eigenvalue weighted by Crippen LogP contribution is 2.17. The van der Waals surface area contributed by atoms with Gasteiger partial charge in [0.15, 0.2) is 0 Å². The molecule has 1 aromatic carbocycles. The minimum absolute atomic E-state index is 0.0613. The molecule has 2 heterocycles. The van der Waals surface area contributed by atoms with Gasteiger partial charge in [-0.15, -0.1) is 0 Å². The van der Waals surface area contributed by atoms with Crippen molar-refractivity contribution >= 4 is 11.6 Å². The molecule has 2 aromatic rings. The van der Waals surface area contributed by atoms with E-state index in [4.69, 9.17) is 0 Å². The van der Waals surface area contributed by atoms with Crippen LogP contribution in [0.4, 0.5) is 5.69 Å². The third-order valence-corrected chi connectivity index (χ3v) is 4.05. The fraction of sp³-hybridized carbons (Fsp3) is 0.333. The van der Waals surface area contributed by atoms with Crippen molar-refractivity contribution in [2.45, 2.75) is 25.8 Å². The molecule has 1 aliphatic heterocycles. The average molecular weight is 295 g/mol. The number of hydrogen-bond donors (Lipinski definition) is 2. The van der Waals surface area contributed by atoms with Crippen LogP contribution in [0, 0.1) is 5.92 Å². The SMILES string of the molecule is CC1CNC(C(=O)Nc2ccc(Cc3ccncc3)cc2)C1. The van der Waals surface area contributed by atoms with Crippen LogP contribution in [0.25, 0.3) is 0 Å². The summed E-state index contributed by atoms with van der Waals surface area (Å²) >= 11 is 0. The summed E-state index contributed by atoms with van der Waals surface area (Å²) in [7, 11) is 0. The predicted octanol–water partition coefficient (Wildman–Crippen LogP) is 2.61. The Morgan fingerprint density at radius 2 is 1.86 bits per heavy atom. The summed E-state index contributed by atoms with van der Waals surface area (Å²) < 4.78 is 0. The lowest BCUT2D eigenvalue weighted by Gasteiger charge is -2.11.